The summed E-state index contributed by atoms with van der Waals surface area (Å²) in [5.41, 5.74) is 2.86. The Kier molecular flexibility index (Phi) is 7.17. The summed E-state index contributed by atoms with van der Waals surface area (Å²) in [6, 6.07) is 16.8. The first-order valence-electron chi connectivity index (χ1n) is 8.77. The van der Waals surface area contributed by atoms with Crippen molar-refractivity contribution in [1.82, 2.24) is 5.43 Å². The number of hydrogen-bond donors (Lipinski definition) is 1. The van der Waals surface area contributed by atoms with Gasteiger partial charge in [-0.25, -0.2) is 5.43 Å². The summed E-state index contributed by atoms with van der Waals surface area (Å²) in [4.78, 5) is 12.2. The summed E-state index contributed by atoms with van der Waals surface area (Å²) >= 11 is 11.8. The molecule has 0 fully saturated rings. The molecule has 0 radical (unpaired) electrons. The number of carbonyl (C=O) groups is 1. The molecule has 7 nitrogen and oxygen atoms in total. The Balaban J connectivity index is 1.85. The van der Waals surface area contributed by atoms with Crippen LogP contribution in [-0.2, 0) is 10.1 Å². The van der Waals surface area contributed by atoms with E-state index in [0.717, 1.165) is 0 Å². The number of nitrogens with one attached hydrogen (secondary N) is 1. The van der Waals surface area contributed by atoms with Crippen LogP contribution in [-0.4, -0.2) is 27.6 Å². The first kappa shape index (κ1) is 22.6. The average Bonchev–Trinajstić information content (AvgIpc) is 2.77. The lowest BCUT2D eigenvalue weighted by Crippen LogP contribution is -2.17. The molecule has 1 amide bonds. The average molecular weight is 479 g/mol. The molecule has 0 spiro atoms. The highest BCUT2D eigenvalue weighted by molar-refractivity contribution is 7.87. The number of methoxy groups -OCH3 is 1. The Labute approximate surface area is 189 Å². The van der Waals surface area contributed by atoms with E-state index in [4.69, 9.17) is 32.1 Å². The van der Waals surface area contributed by atoms with Gasteiger partial charge in [0.05, 0.1) is 23.4 Å². The van der Waals surface area contributed by atoms with E-state index in [9.17, 15) is 13.2 Å². The molecule has 10 heteroatoms. The number of rotatable bonds is 7. The van der Waals surface area contributed by atoms with E-state index in [1.165, 1.54) is 43.7 Å². The molecule has 0 atom stereocenters. The lowest BCUT2D eigenvalue weighted by Gasteiger charge is -2.13. The number of ether oxygens (including phenoxy) is 1. The highest BCUT2D eigenvalue weighted by Crippen LogP contribution is 2.32. The van der Waals surface area contributed by atoms with Gasteiger partial charge < -0.3 is 8.92 Å². The largest absolute Gasteiger partial charge is 0.493 e. The molecule has 3 rings (SSSR count). The number of amides is 1. The van der Waals surface area contributed by atoms with Crippen LogP contribution in [0.15, 0.2) is 76.7 Å². The maximum atomic E-state index is 12.6. The van der Waals surface area contributed by atoms with Crippen LogP contribution in [0, 0.1) is 0 Å². The van der Waals surface area contributed by atoms with Gasteiger partial charge in [0.15, 0.2) is 11.5 Å². The molecule has 0 saturated heterocycles. The number of hydrogen-bond acceptors (Lipinski definition) is 6. The van der Waals surface area contributed by atoms with Gasteiger partial charge in [-0.15, -0.1) is 0 Å². The van der Waals surface area contributed by atoms with Crippen molar-refractivity contribution in [2.75, 3.05) is 7.11 Å². The van der Waals surface area contributed by atoms with Crippen LogP contribution >= 0.6 is 23.2 Å². The number of nitrogens with zero attached hydrogens (tertiary/aromatic N) is 1. The maximum Gasteiger partial charge on any atom is 0.339 e. The molecule has 0 saturated carbocycles. The van der Waals surface area contributed by atoms with Crippen molar-refractivity contribution < 1.29 is 22.1 Å². The summed E-state index contributed by atoms with van der Waals surface area (Å²) in [7, 11) is -2.74. The van der Waals surface area contributed by atoms with Gasteiger partial charge in [-0.3, -0.25) is 4.79 Å². The maximum absolute atomic E-state index is 12.6. The van der Waals surface area contributed by atoms with Gasteiger partial charge in [-0.2, -0.15) is 13.5 Å². The van der Waals surface area contributed by atoms with Crippen molar-refractivity contribution >= 4 is 45.4 Å². The van der Waals surface area contributed by atoms with Crippen molar-refractivity contribution in [1.29, 1.82) is 0 Å². The Morgan fingerprint density at radius 1 is 1.00 bits per heavy atom. The molecule has 0 aliphatic rings. The zero-order chi connectivity index (χ0) is 22.4. The molecule has 160 valence electrons. The van der Waals surface area contributed by atoms with Gasteiger partial charge in [0.25, 0.3) is 5.91 Å². The lowest BCUT2D eigenvalue weighted by atomic mass is 10.2. The molecule has 0 aromatic heterocycles. The molecule has 3 aromatic rings. The second-order valence-electron chi connectivity index (χ2n) is 6.06. The van der Waals surface area contributed by atoms with E-state index >= 15 is 0 Å². The van der Waals surface area contributed by atoms with E-state index in [0.29, 0.717) is 5.02 Å². The number of carbonyl (C=O) groups excluding carboxylic acids is 1. The Morgan fingerprint density at radius 2 is 1.74 bits per heavy atom. The van der Waals surface area contributed by atoms with Crippen LogP contribution in [0.4, 0.5) is 0 Å². The predicted octanol–water partition coefficient (Wildman–Crippen LogP) is 4.53. The molecule has 3 aromatic carbocycles. The first-order valence-corrected chi connectivity index (χ1v) is 10.9. The highest BCUT2D eigenvalue weighted by Gasteiger charge is 2.21. The zero-order valence-corrected chi connectivity index (χ0v) is 18.4. The van der Waals surface area contributed by atoms with Gasteiger partial charge in [0.2, 0.25) is 0 Å². The quantitative estimate of drug-likeness (QED) is 0.305. The monoisotopic (exact) mass is 478 g/mol. The third-order valence-electron chi connectivity index (χ3n) is 4.01. The topological polar surface area (TPSA) is 94.1 Å². The predicted molar refractivity (Wildman–Crippen MR) is 119 cm³/mol. The standard InChI is InChI=1S/C21H16Cl2N2O5S/c1-29-19-9-5-6-15(20(19)30-31(27,28)16-7-3-2-4-8-16)13-24-25-21(26)14-10-11-17(22)18(23)12-14/h2-13H,1H3,(H,25,26). The van der Waals surface area contributed by atoms with Crippen LogP contribution in [0.5, 0.6) is 11.5 Å². The first-order chi connectivity index (χ1) is 14.8. The van der Waals surface area contributed by atoms with Crippen molar-refractivity contribution in [2.24, 2.45) is 5.10 Å². The Bertz CT molecular complexity index is 1230. The lowest BCUT2D eigenvalue weighted by molar-refractivity contribution is 0.0955. The SMILES string of the molecule is COc1cccc(C=NNC(=O)c2ccc(Cl)c(Cl)c2)c1OS(=O)(=O)c1ccccc1. The van der Waals surface area contributed by atoms with E-state index < -0.39 is 16.0 Å². The summed E-state index contributed by atoms with van der Waals surface area (Å²) in [5.74, 6) is -0.419. The van der Waals surface area contributed by atoms with Gasteiger partial charge in [-0.05, 0) is 42.5 Å². The van der Waals surface area contributed by atoms with Gasteiger partial charge in [-0.1, -0.05) is 47.5 Å². The molecule has 0 aliphatic heterocycles. The van der Waals surface area contributed by atoms with E-state index in [1.54, 1.807) is 36.4 Å². The van der Waals surface area contributed by atoms with E-state index in [1.807, 2.05) is 0 Å². The summed E-state index contributed by atoms with van der Waals surface area (Å²) in [6.07, 6.45) is 1.24. The summed E-state index contributed by atoms with van der Waals surface area (Å²) in [5, 5.41) is 4.43. The summed E-state index contributed by atoms with van der Waals surface area (Å²) in [6.45, 7) is 0. The van der Waals surface area contributed by atoms with Crippen molar-refractivity contribution in [3.63, 3.8) is 0 Å². The molecule has 1 N–H and O–H groups in total. The minimum atomic E-state index is -4.12. The normalized spacial score (nSPS) is 11.3. The van der Waals surface area contributed by atoms with Crippen LogP contribution in [0.2, 0.25) is 10.0 Å². The minimum Gasteiger partial charge on any atom is -0.493 e. The molecule has 0 aliphatic carbocycles. The van der Waals surface area contributed by atoms with Crippen LogP contribution in [0.3, 0.4) is 0 Å². The molecule has 0 heterocycles. The third-order valence-corrected chi connectivity index (χ3v) is 5.98. The fraction of sp³-hybridized carbons (Fsp3) is 0.0476. The number of hydrazone groups is 1. The minimum absolute atomic E-state index is 0.0169. The Morgan fingerprint density at radius 3 is 2.42 bits per heavy atom. The smallest absolute Gasteiger partial charge is 0.339 e. The number of para-hydroxylation sites is 1. The van der Waals surface area contributed by atoms with Crippen molar-refractivity contribution in [3.8, 4) is 11.5 Å². The van der Waals surface area contributed by atoms with Crippen LogP contribution < -0.4 is 14.3 Å². The molecule has 0 bridgehead atoms. The fourth-order valence-electron chi connectivity index (χ4n) is 2.49. The Hall–Kier alpha value is -3.07. The second kappa shape index (κ2) is 9.82. The summed E-state index contributed by atoms with van der Waals surface area (Å²) < 4.78 is 35.8. The van der Waals surface area contributed by atoms with E-state index in [2.05, 4.69) is 10.5 Å². The second-order valence-corrected chi connectivity index (χ2v) is 8.42. The van der Waals surface area contributed by atoms with Crippen LogP contribution in [0.1, 0.15) is 15.9 Å². The third kappa shape index (κ3) is 5.55. The zero-order valence-electron chi connectivity index (χ0n) is 16.1. The van der Waals surface area contributed by atoms with Crippen molar-refractivity contribution in [3.05, 3.63) is 87.9 Å². The van der Waals surface area contributed by atoms with E-state index in [-0.39, 0.29) is 32.5 Å². The number of halogens is 2. The van der Waals surface area contributed by atoms with Crippen LogP contribution in [0.25, 0.3) is 0 Å². The van der Waals surface area contributed by atoms with Gasteiger partial charge in [0, 0.05) is 11.1 Å². The molecule has 0 unspecified atom stereocenters. The number of benzene rings is 3. The highest BCUT2D eigenvalue weighted by atomic mass is 35.5. The van der Waals surface area contributed by atoms with Gasteiger partial charge >= 0.3 is 10.1 Å². The van der Waals surface area contributed by atoms with Crippen molar-refractivity contribution in [2.45, 2.75) is 4.90 Å². The van der Waals surface area contributed by atoms with Gasteiger partial charge in [0.1, 0.15) is 4.90 Å². The molecular weight excluding hydrogens is 463 g/mol. The fourth-order valence-corrected chi connectivity index (χ4v) is 3.77. The molecular formula is C21H16Cl2N2O5S. The molecule has 31 heavy (non-hydrogen) atoms.